The molecule has 1 aromatic carbocycles. The van der Waals surface area contributed by atoms with Crippen molar-refractivity contribution in [3.8, 4) is 0 Å². The Bertz CT molecular complexity index is 1250. The van der Waals surface area contributed by atoms with Gasteiger partial charge in [-0.15, -0.1) is 0 Å². The summed E-state index contributed by atoms with van der Waals surface area (Å²) in [6.07, 6.45) is 2.76. The molecule has 0 fully saturated rings. The number of aromatic nitrogens is 5. The van der Waals surface area contributed by atoms with E-state index in [-0.39, 0.29) is 11.5 Å². The summed E-state index contributed by atoms with van der Waals surface area (Å²) >= 11 is 0. The Morgan fingerprint density at radius 1 is 1.15 bits per heavy atom. The number of aryl methyl sites for hydroxylation is 1. The minimum absolute atomic E-state index is 0.146. The minimum atomic E-state index is -1.06. The first-order valence-corrected chi connectivity index (χ1v) is 8.10. The SMILES string of the molecule is COC(=O)C(=O)c1cnc2n(C)c3ncn(Cc4ccccc4)c3c(=O)n12. The maximum absolute atomic E-state index is 13.2. The maximum Gasteiger partial charge on any atom is 0.381 e. The Morgan fingerprint density at radius 3 is 2.59 bits per heavy atom. The van der Waals surface area contributed by atoms with Crippen LogP contribution in [0.25, 0.3) is 16.9 Å². The zero-order valence-corrected chi connectivity index (χ0v) is 14.6. The van der Waals surface area contributed by atoms with Gasteiger partial charge in [-0.1, -0.05) is 30.3 Å². The molecule has 0 N–H and O–H groups in total. The zero-order chi connectivity index (χ0) is 19.1. The van der Waals surface area contributed by atoms with Gasteiger partial charge in [-0.05, 0) is 5.56 Å². The number of imidazole rings is 2. The lowest BCUT2D eigenvalue weighted by Crippen LogP contribution is -2.26. The van der Waals surface area contributed by atoms with Gasteiger partial charge in [-0.3, -0.25) is 14.2 Å². The van der Waals surface area contributed by atoms with E-state index in [1.165, 1.54) is 6.20 Å². The molecule has 4 rings (SSSR count). The van der Waals surface area contributed by atoms with E-state index in [1.54, 1.807) is 22.5 Å². The number of ketones is 1. The molecule has 0 saturated heterocycles. The first-order chi connectivity index (χ1) is 13.0. The van der Waals surface area contributed by atoms with Crippen LogP contribution < -0.4 is 5.56 Å². The van der Waals surface area contributed by atoms with Gasteiger partial charge in [0.15, 0.2) is 11.2 Å². The van der Waals surface area contributed by atoms with E-state index >= 15 is 0 Å². The molecule has 27 heavy (non-hydrogen) atoms. The number of hydrogen-bond acceptors (Lipinski definition) is 6. The molecule has 0 aliphatic rings. The van der Waals surface area contributed by atoms with Crippen LogP contribution in [0.2, 0.25) is 0 Å². The van der Waals surface area contributed by atoms with E-state index in [1.807, 2.05) is 30.3 Å². The molecule has 0 radical (unpaired) electrons. The second-order valence-electron chi connectivity index (χ2n) is 5.99. The molecule has 9 heteroatoms. The van der Waals surface area contributed by atoms with Crippen molar-refractivity contribution in [2.24, 2.45) is 7.05 Å². The fourth-order valence-corrected chi connectivity index (χ4v) is 3.07. The van der Waals surface area contributed by atoms with Crippen molar-refractivity contribution >= 4 is 28.7 Å². The quantitative estimate of drug-likeness (QED) is 0.301. The van der Waals surface area contributed by atoms with E-state index in [0.717, 1.165) is 17.1 Å². The largest absolute Gasteiger partial charge is 0.463 e. The van der Waals surface area contributed by atoms with Crippen molar-refractivity contribution in [1.29, 1.82) is 0 Å². The lowest BCUT2D eigenvalue weighted by Gasteiger charge is -2.08. The van der Waals surface area contributed by atoms with Crippen LogP contribution in [0.4, 0.5) is 0 Å². The first-order valence-electron chi connectivity index (χ1n) is 8.10. The lowest BCUT2D eigenvalue weighted by molar-refractivity contribution is -0.135. The number of carbonyl (C=O) groups excluding carboxylic acids is 2. The van der Waals surface area contributed by atoms with Crippen molar-refractivity contribution in [2.45, 2.75) is 6.54 Å². The van der Waals surface area contributed by atoms with Crippen molar-refractivity contribution in [2.75, 3.05) is 7.11 Å². The fourth-order valence-electron chi connectivity index (χ4n) is 3.07. The number of fused-ring (bicyclic) bond motifs is 2. The molecule has 0 amide bonds. The van der Waals surface area contributed by atoms with Gasteiger partial charge in [0.2, 0.25) is 5.78 Å². The van der Waals surface area contributed by atoms with Crippen LogP contribution in [0, 0.1) is 0 Å². The third-order valence-corrected chi connectivity index (χ3v) is 4.38. The predicted octanol–water partition coefficient (Wildman–Crippen LogP) is 0.787. The minimum Gasteiger partial charge on any atom is -0.463 e. The summed E-state index contributed by atoms with van der Waals surface area (Å²) in [4.78, 5) is 45.5. The number of rotatable bonds is 4. The van der Waals surface area contributed by atoms with Crippen molar-refractivity contribution in [1.82, 2.24) is 23.5 Å². The molecule has 136 valence electrons. The summed E-state index contributed by atoms with van der Waals surface area (Å²) in [7, 11) is 2.80. The summed E-state index contributed by atoms with van der Waals surface area (Å²) in [5.41, 5.74) is 1.12. The molecule has 0 atom stereocenters. The number of nitrogens with zero attached hydrogens (tertiary/aromatic N) is 5. The van der Waals surface area contributed by atoms with Gasteiger partial charge in [0.05, 0.1) is 19.6 Å². The van der Waals surface area contributed by atoms with Crippen LogP contribution in [0.5, 0.6) is 0 Å². The standard InChI is InChI=1S/C18H15N5O4/c1-21-15-13(22(10-20-15)9-11-6-4-3-5-7-11)16(25)23-12(8-19-18(21)23)14(24)17(26)27-2/h3-8,10H,9H2,1-2H3. The average Bonchev–Trinajstić information content (AvgIpc) is 3.31. The third kappa shape index (κ3) is 2.51. The topological polar surface area (TPSA) is 100 Å². The highest BCUT2D eigenvalue weighted by molar-refractivity contribution is 6.40. The normalized spacial score (nSPS) is 11.2. The van der Waals surface area contributed by atoms with E-state index in [9.17, 15) is 14.4 Å². The zero-order valence-electron chi connectivity index (χ0n) is 14.6. The smallest absolute Gasteiger partial charge is 0.381 e. The highest BCUT2D eigenvalue weighted by Crippen LogP contribution is 2.15. The molecule has 0 aliphatic heterocycles. The predicted molar refractivity (Wildman–Crippen MR) is 95.6 cm³/mol. The number of carbonyl (C=O) groups is 2. The Balaban J connectivity index is 1.97. The summed E-state index contributed by atoms with van der Waals surface area (Å²) < 4.78 is 8.90. The molecular weight excluding hydrogens is 350 g/mol. The highest BCUT2D eigenvalue weighted by atomic mass is 16.5. The van der Waals surface area contributed by atoms with Gasteiger partial charge in [0.1, 0.15) is 5.69 Å². The third-order valence-electron chi connectivity index (χ3n) is 4.38. The Hall–Kier alpha value is -3.75. The van der Waals surface area contributed by atoms with E-state index < -0.39 is 17.3 Å². The van der Waals surface area contributed by atoms with Crippen molar-refractivity contribution in [3.63, 3.8) is 0 Å². The summed E-state index contributed by atoms with van der Waals surface area (Å²) in [5, 5.41) is 0. The highest BCUT2D eigenvalue weighted by Gasteiger charge is 2.25. The first kappa shape index (κ1) is 16.7. The van der Waals surface area contributed by atoms with Crippen LogP contribution in [0.3, 0.4) is 0 Å². The number of benzene rings is 1. The second-order valence-corrected chi connectivity index (χ2v) is 5.99. The fraction of sp³-hybridized carbons (Fsp3) is 0.167. The van der Waals surface area contributed by atoms with Crippen LogP contribution in [0.1, 0.15) is 16.1 Å². The lowest BCUT2D eigenvalue weighted by atomic mass is 10.2. The summed E-state index contributed by atoms with van der Waals surface area (Å²) in [6.45, 7) is 0.438. The number of esters is 1. The number of Topliss-reactive ketones (excluding diaryl/α,β-unsaturated/α-hetero) is 1. The van der Waals surface area contributed by atoms with Crippen molar-refractivity contribution in [3.05, 3.63) is 64.5 Å². The average molecular weight is 365 g/mol. The van der Waals surface area contributed by atoms with Crippen LogP contribution in [-0.4, -0.2) is 42.4 Å². The van der Waals surface area contributed by atoms with Gasteiger partial charge in [-0.2, -0.15) is 0 Å². The molecule has 0 spiro atoms. The summed E-state index contributed by atoms with van der Waals surface area (Å²) in [6, 6.07) is 9.62. The molecule has 0 aliphatic carbocycles. The number of methoxy groups -OCH3 is 1. The van der Waals surface area contributed by atoms with Gasteiger partial charge < -0.3 is 9.30 Å². The van der Waals surface area contributed by atoms with Crippen LogP contribution >= 0.6 is 0 Å². The Labute approximate surface area is 152 Å². The van der Waals surface area contributed by atoms with Crippen LogP contribution in [0.15, 0.2) is 47.7 Å². The summed E-state index contributed by atoms with van der Waals surface area (Å²) in [5.74, 6) is -1.78. The van der Waals surface area contributed by atoms with E-state index in [0.29, 0.717) is 17.7 Å². The van der Waals surface area contributed by atoms with Crippen LogP contribution in [-0.2, 0) is 23.1 Å². The molecule has 9 nitrogen and oxygen atoms in total. The number of hydrogen-bond donors (Lipinski definition) is 0. The Kier molecular flexibility index (Phi) is 3.84. The van der Waals surface area contributed by atoms with Gasteiger partial charge in [-0.25, -0.2) is 19.2 Å². The van der Waals surface area contributed by atoms with Gasteiger partial charge in [0.25, 0.3) is 11.3 Å². The monoisotopic (exact) mass is 365 g/mol. The molecule has 3 aromatic heterocycles. The van der Waals surface area contributed by atoms with Crippen molar-refractivity contribution < 1.29 is 14.3 Å². The van der Waals surface area contributed by atoms with E-state index in [2.05, 4.69) is 14.7 Å². The molecule has 0 unspecified atom stereocenters. The van der Waals surface area contributed by atoms with E-state index in [4.69, 9.17) is 0 Å². The molecule has 0 bridgehead atoms. The molecule has 3 heterocycles. The molecule has 0 saturated carbocycles. The molecular formula is C18H15N5O4. The molecule has 4 aromatic rings. The second kappa shape index (κ2) is 6.20. The number of ether oxygens (including phenoxy) is 1. The van der Waals surface area contributed by atoms with Gasteiger partial charge in [0, 0.05) is 13.6 Å². The maximum atomic E-state index is 13.2. The van der Waals surface area contributed by atoms with Gasteiger partial charge >= 0.3 is 5.97 Å². The Morgan fingerprint density at radius 2 is 1.89 bits per heavy atom.